The molecule has 1 aromatic rings. The summed E-state index contributed by atoms with van der Waals surface area (Å²) in [5.41, 5.74) is 5.45. The van der Waals surface area contributed by atoms with Gasteiger partial charge in [0.1, 0.15) is 5.75 Å². The van der Waals surface area contributed by atoms with Crippen molar-refractivity contribution in [2.75, 3.05) is 7.11 Å². The van der Waals surface area contributed by atoms with E-state index in [-0.39, 0.29) is 5.78 Å². The van der Waals surface area contributed by atoms with E-state index in [9.17, 15) is 4.79 Å². The predicted octanol–water partition coefficient (Wildman–Crippen LogP) is 1.62. The minimum Gasteiger partial charge on any atom is -0.497 e. The van der Waals surface area contributed by atoms with Crippen LogP contribution < -0.4 is 10.5 Å². The Morgan fingerprint density at radius 3 is 2.57 bits per heavy atom. The Bertz CT molecular complexity index is 339. The van der Waals surface area contributed by atoms with E-state index in [1.807, 2.05) is 0 Å². The van der Waals surface area contributed by atoms with Crippen molar-refractivity contribution in [3.8, 4) is 5.75 Å². The van der Waals surface area contributed by atoms with Gasteiger partial charge in [-0.1, -0.05) is 12.1 Å². The van der Waals surface area contributed by atoms with Crippen LogP contribution in [0.1, 0.15) is 24.2 Å². The normalized spacial score (nSPS) is 11.1. The van der Waals surface area contributed by atoms with E-state index in [4.69, 9.17) is 10.5 Å². The molecule has 0 bridgehead atoms. The van der Waals surface area contributed by atoms with Crippen molar-refractivity contribution >= 4 is 5.78 Å². The Hall–Kier alpha value is -1.35. The molecule has 1 rings (SSSR count). The van der Waals surface area contributed by atoms with Gasteiger partial charge in [0.15, 0.2) is 5.78 Å². The summed E-state index contributed by atoms with van der Waals surface area (Å²) in [7, 11) is 1.57. The van der Waals surface area contributed by atoms with Gasteiger partial charge < -0.3 is 10.5 Å². The molecule has 0 heterocycles. The number of hydrogen-bond acceptors (Lipinski definition) is 3. The lowest BCUT2D eigenvalue weighted by molar-refractivity contribution is 0.0913. The number of methoxy groups -OCH3 is 1. The van der Waals surface area contributed by atoms with Crippen molar-refractivity contribution in [1.82, 2.24) is 0 Å². The summed E-state index contributed by atoms with van der Waals surface area (Å²) >= 11 is 0. The molecule has 3 nitrogen and oxygen atoms in total. The Morgan fingerprint density at radius 1 is 1.43 bits per heavy atom. The molecule has 0 saturated heterocycles. The molecule has 76 valence electrons. The van der Waals surface area contributed by atoms with Gasteiger partial charge in [-0.15, -0.1) is 0 Å². The molecule has 0 unspecified atom stereocenters. The maximum Gasteiger partial charge on any atom is 0.182 e. The monoisotopic (exact) mass is 193 g/mol. The molecule has 2 N–H and O–H groups in total. The first kappa shape index (κ1) is 10.7. The van der Waals surface area contributed by atoms with E-state index in [1.165, 1.54) is 0 Å². The molecule has 0 atom stereocenters. The van der Waals surface area contributed by atoms with Crippen LogP contribution in [0, 0.1) is 0 Å². The van der Waals surface area contributed by atoms with Gasteiger partial charge in [-0.25, -0.2) is 0 Å². The minimum atomic E-state index is -0.841. The first-order valence-corrected chi connectivity index (χ1v) is 4.43. The van der Waals surface area contributed by atoms with E-state index in [0.29, 0.717) is 11.3 Å². The fourth-order valence-corrected chi connectivity index (χ4v) is 1.14. The van der Waals surface area contributed by atoms with Gasteiger partial charge in [-0.05, 0) is 26.0 Å². The van der Waals surface area contributed by atoms with E-state index < -0.39 is 5.54 Å². The highest BCUT2D eigenvalue weighted by Crippen LogP contribution is 2.16. The zero-order chi connectivity index (χ0) is 10.8. The predicted molar refractivity (Wildman–Crippen MR) is 55.6 cm³/mol. The molecule has 14 heavy (non-hydrogen) atoms. The molecule has 0 aromatic heterocycles. The van der Waals surface area contributed by atoms with Crippen LogP contribution in [-0.2, 0) is 0 Å². The number of benzene rings is 1. The van der Waals surface area contributed by atoms with Gasteiger partial charge in [0.05, 0.1) is 12.6 Å². The highest BCUT2D eigenvalue weighted by atomic mass is 16.5. The zero-order valence-electron chi connectivity index (χ0n) is 8.70. The summed E-state index contributed by atoms with van der Waals surface area (Å²) in [5.74, 6) is 0.580. The minimum absolute atomic E-state index is 0.0867. The summed E-state index contributed by atoms with van der Waals surface area (Å²) in [5, 5.41) is 0. The van der Waals surface area contributed by atoms with Crippen LogP contribution in [0.15, 0.2) is 24.3 Å². The quantitative estimate of drug-likeness (QED) is 0.742. The van der Waals surface area contributed by atoms with Crippen LogP contribution in [0.25, 0.3) is 0 Å². The largest absolute Gasteiger partial charge is 0.497 e. The van der Waals surface area contributed by atoms with Crippen molar-refractivity contribution in [1.29, 1.82) is 0 Å². The molecule has 0 aliphatic heterocycles. The number of Topliss-reactive ketones (excluding diaryl/α,β-unsaturated/α-hetero) is 1. The van der Waals surface area contributed by atoms with E-state index in [1.54, 1.807) is 45.2 Å². The second-order valence-corrected chi connectivity index (χ2v) is 3.78. The zero-order valence-corrected chi connectivity index (χ0v) is 8.70. The Morgan fingerprint density at radius 2 is 2.07 bits per heavy atom. The van der Waals surface area contributed by atoms with Gasteiger partial charge in [-0.3, -0.25) is 4.79 Å². The maximum atomic E-state index is 11.8. The molecule has 1 aromatic carbocycles. The SMILES string of the molecule is COc1cccc(C(=O)C(C)(C)N)c1. The molecule has 0 saturated carbocycles. The highest BCUT2D eigenvalue weighted by molar-refractivity contribution is 6.02. The van der Waals surface area contributed by atoms with Crippen LogP contribution in [-0.4, -0.2) is 18.4 Å². The molecule has 3 heteroatoms. The molecule has 0 spiro atoms. The number of hydrogen-bond donors (Lipinski definition) is 1. The van der Waals surface area contributed by atoms with Crippen LogP contribution in [0.4, 0.5) is 0 Å². The number of ketones is 1. The molecular weight excluding hydrogens is 178 g/mol. The smallest absolute Gasteiger partial charge is 0.182 e. The Kier molecular flexibility index (Phi) is 2.91. The number of carbonyl (C=O) groups is 1. The molecule has 0 radical (unpaired) electrons. The van der Waals surface area contributed by atoms with Crippen molar-refractivity contribution in [3.63, 3.8) is 0 Å². The van der Waals surface area contributed by atoms with Crippen molar-refractivity contribution < 1.29 is 9.53 Å². The van der Waals surface area contributed by atoms with Crippen LogP contribution in [0.3, 0.4) is 0 Å². The lowest BCUT2D eigenvalue weighted by atomic mass is 9.94. The number of rotatable bonds is 3. The third-order valence-electron chi connectivity index (χ3n) is 1.92. The molecular formula is C11H15NO2. The topological polar surface area (TPSA) is 52.3 Å². The first-order chi connectivity index (χ1) is 6.45. The van der Waals surface area contributed by atoms with Gasteiger partial charge >= 0.3 is 0 Å². The van der Waals surface area contributed by atoms with Crippen molar-refractivity contribution in [2.45, 2.75) is 19.4 Å². The number of carbonyl (C=O) groups excluding carboxylic acids is 1. The number of ether oxygens (including phenoxy) is 1. The molecule has 0 aliphatic carbocycles. The Labute approximate surface area is 83.9 Å². The highest BCUT2D eigenvalue weighted by Gasteiger charge is 2.23. The van der Waals surface area contributed by atoms with Gasteiger partial charge in [0.25, 0.3) is 0 Å². The fourth-order valence-electron chi connectivity index (χ4n) is 1.14. The summed E-state index contributed by atoms with van der Waals surface area (Å²) in [4.78, 5) is 11.8. The van der Waals surface area contributed by atoms with Gasteiger partial charge in [0, 0.05) is 5.56 Å². The van der Waals surface area contributed by atoms with Crippen LogP contribution in [0.2, 0.25) is 0 Å². The summed E-state index contributed by atoms with van der Waals surface area (Å²) < 4.78 is 5.02. The van der Waals surface area contributed by atoms with Gasteiger partial charge in [-0.2, -0.15) is 0 Å². The van der Waals surface area contributed by atoms with E-state index in [0.717, 1.165) is 0 Å². The van der Waals surface area contributed by atoms with E-state index >= 15 is 0 Å². The average Bonchev–Trinajstić information content (AvgIpc) is 2.15. The third kappa shape index (κ3) is 2.33. The summed E-state index contributed by atoms with van der Waals surface area (Å²) in [6, 6.07) is 6.99. The maximum absolute atomic E-state index is 11.8. The van der Waals surface area contributed by atoms with Gasteiger partial charge in [0.2, 0.25) is 0 Å². The fraction of sp³-hybridized carbons (Fsp3) is 0.364. The summed E-state index contributed by atoms with van der Waals surface area (Å²) in [6.07, 6.45) is 0. The van der Waals surface area contributed by atoms with Crippen LogP contribution >= 0.6 is 0 Å². The molecule has 0 amide bonds. The Balaban J connectivity index is 3.02. The van der Waals surface area contributed by atoms with Crippen LogP contribution in [0.5, 0.6) is 5.75 Å². The molecule has 0 aliphatic rings. The summed E-state index contributed by atoms with van der Waals surface area (Å²) in [6.45, 7) is 3.38. The average molecular weight is 193 g/mol. The molecule has 0 fully saturated rings. The lowest BCUT2D eigenvalue weighted by Gasteiger charge is -2.16. The third-order valence-corrected chi connectivity index (χ3v) is 1.92. The number of nitrogens with two attached hydrogens (primary N) is 1. The van der Waals surface area contributed by atoms with Crippen molar-refractivity contribution in [2.24, 2.45) is 5.73 Å². The van der Waals surface area contributed by atoms with E-state index in [2.05, 4.69) is 0 Å². The standard InChI is InChI=1S/C11H15NO2/c1-11(2,12)10(13)8-5-4-6-9(7-8)14-3/h4-7H,12H2,1-3H3. The first-order valence-electron chi connectivity index (χ1n) is 4.43. The second kappa shape index (κ2) is 3.80. The van der Waals surface area contributed by atoms with Crippen molar-refractivity contribution in [3.05, 3.63) is 29.8 Å². The lowest BCUT2D eigenvalue weighted by Crippen LogP contribution is -2.41. The second-order valence-electron chi connectivity index (χ2n) is 3.78.